The minimum absolute atomic E-state index is 0.113. The van der Waals surface area contributed by atoms with Crippen LogP contribution >= 0.6 is 0 Å². The fourth-order valence-corrected chi connectivity index (χ4v) is 2.80. The lowest BCUT2D eigenvalue weighted by Gasteiger charge is -2.24. The van der Waals surface area contributed by atoms with Crippen LogP contribution in [-0.2, 0) is 5.41 Å². The van der Waals surface area contributed by atoms with E-state index in [0.29, 0.717) is 0 Å². The van der Waals surface area contributed by atoms with E-state index in [-0.39, 0.29) is 16.7 Å². The molecule has 0 heterocycles. The summed E-state index contributed by atoms with van der Waals surface area (Å²) in [6, 6.07) is 6.25. The van der Waals surface area contributed by atoms with E-state index in [4.69, 9.17) is 5.73 Å². The van der Waals surface area contributed by atoms with Crippen molar-refractivity contribution in [2.24, 2.45) is 5.73 Å². The lowest BCUT2D eigenvalue weighted by Crippen LogP contribution is -2.37. The second-order valence-electron chi connectivity index (χ2n) is 5.31. The van der Waals surface area contributed by atoms with Crippen LogP contribution in [0.25, 0.3) is 0 Å². The van der Waals surface area contributed by atoms with Crippen molar-refractivity contribution >= 4 is 0 Å². The van der Waals surface area contributed by atoms with E-state index in [1.807, 2.05) is 6.07 Å². The molecule has 0 unspecified atom stereocenters. The highest BCUT2D eigenvalue weighted by Crippen LogP contribution is 2.63. The van der Waals surface area contributed by atoms with Gasteiger partial charge in [0.25, 0.3) is 0 Å². The van der Waals surface area contributed by atoms with Crippen LogP contribution in [-0.4, -0.2) is 11.9 Å². The van der Waals surface area contributed by atoms with Crippen molar-refractivity contribution in [3.8, 4) is 5.75 Å². The molecular formula is C13H14F3NO. The van der Waals surface area contributed by atoms with Crippen molar-refractivity contribution in [2.75, 3.05) is 0 Å². The molecule has 98 valence electrons. The number of hydrogen-bond acceptors (Lipinski definition) is 2. The molecule has 3 rings (SSSR count). The van der Waals surface area contributed by atoms with Crippen LogP contribution in [0.3, 0.4) is 0 Å². The van der Waals surface area contributed by atoms with Gasteiger partial charge >= 0.3 is 6.36 Å². The van der Waals surface area contributed by atoms with Crippen molar-refractivity contribution in [2.45, 2.75) is 43.0 Å². The van der Waals surface area contributed by atoms with Gasteiger partial charge < -0.3 is 10.5 Å². The predicted octanol–water partition coefficient (Wildman–Crippen LogP) is 3.11. The first-order chi connectivity index (χ1) is 8.35. The number of ether oxygens (including phenoxy) is 1. The zero-order chi connectivity index (χ0) is 13.0. The first-order valence-electron chi connectivity index (χ1n) is 6.00. The molecule has 0 radical (unpaired) electrons. The van der Waals surface area contributed by atoms with Crippen LogP contribution in [0.15, 0.2) is 24.3 Å². The Balaban J connectivity index is 1.88. The number of benzene rings is 1. The molecule has 2 fully saturated rings. The SMILES string of the molecule is NC1(C2(c3cccc(OC(F)(F)F)c3)CC2)CC1. The highest BCUT2D eigenvalue weighted by molar-refractivity contribution is 5.43. The molecule has 0 aromatic heterocycles. The molecule has 0 atom stereocenters. The molecule has 18 heavy (non-hydrogen) atoms. The molecule has 0 bridgehead atoms. The Bertz CT molecular complexity index is 475. The second kappa shape index (κ2) is 3.41. The lowest BCUT2D eigenvalue weighted by atomic mass is 9.86. The Hall–Kier alpha value is -1.23. The van der Waals surface area contributed by atoms with E-state index in [1.54, 1.807) is 6.07 Å². The smallest absolute Gasteiger partial charge is 0.406 e. The third-order valence-corrected chi connectivity index (χ3v) is 4.11. The zero-order valence-corrected chi connectivity index (χ0v) is 9.76. The summed E-state index contributed by atoms with van der Waals surface area (Å²) in [4.78, 5) is 0. The Morgan fingerprint density at radius 2 is 1.78 bits per heavy atom. The summed E-state index contributed by atoms with van der Waals surface area (Å²) in [7, 11) is 0. The topological polar surface area (TPSA) is 35.2 Å². The van der Waals surface area contributed by atoms with Gasteiger partial charge in [-0.2, -0.15) is 0 Å². The maximum atomic E-state index is 12.2. The summed E-state index contributed by atoms with van der Waals surface area (Å²) in [5, 5.41) is 0. The van der Waals surface area contributed by atoms with E-state index in [1.165, 1.54) is 12.1 Å². The van der Waals surface area contributed by atoms with Crippen LogP contribution < -0.4 is 10.5 Å². The Kier molecular flexibility index (Phi) is 2.24. The Labute approximate surface area is 103 Å². The van der Waals surface area contributed by atoms with Gasteiger partial charge in [0.2, 0.25) is 0 Å². The first kappa shape index (κ1) is 11.8. The summed E-state index contributed by atoms with van der Waals surface area (Å²) < 4.78 is 40.5. The number of hydrogen-bond donors (Lipinski definition) is 1. The number of alkyl halides is 3. The average Bonchev–Trinajstić information content (AvgIpc) is 3.10. The molecule has 2 N–H and O–H groups in total. The van der Waals surface area contributed by atoms with Gasteiger partial charge in [-0.15, -0.1) is 13.2 Å². The maximum absolute atomic E-state index is 12.2. The summed E-state index contributed by atoms with van der Waals surface area (Å²) >= 11 is 0. The minimum Gasteiger partial charge on any atom is -0.406 e. The van der Waals surface area contributed by atoms with Gasteiger partial charge in [-0.05, 0) is 43.4 Å². The molecule has 2 aliphatic rings. The highest BCUT2D eigenvalue weighted by atomic mass is 19.4. The minimum atomic E-state index is -4.64. The quantitative estimate of drug-likeness (QED) is 0.903. The van der Waals surface area contributed by atoms with E-state index < -0.39 is 6.36 Å². The van der Waals surface area contributed by atoms with Crippen molar-refractivity contribution in [1.29, 1.82) is 0 Å². The van der Waals surface area contributed by atoms with Crippen LogP contribution in [0, 0.1) is 0 Å². The van der Waals surface area contributed by atoms with E-state index >= 15 is 0 Å². The zero-order valence-electron chi connectivity index (χ0n) is 9.76. The van der Waals surface area contributed by atoms with Gasteiger partial charge in [0.05, 0.1) is 0 Å². The molecule has 2 nitrogen and oxygen atoms in total. The second-order valence-corrected chi connectivity index (χ2v) is 5.31. The summed E-state index contributed by atoms with van der Waals surface area (Å²) in [6.45, 7) is 0. The van der Waals surface area contributed by atoms with Crippen LogP contribution in [0.5, 0.6) is 5.75 Å². The van der Waals surface area contributed by atoms with Gasteiger partial charge in [0.1, 0.15) is 5.75 Å². The van der Waals surface area contributed by atoms with Crippen LogP contribution in [0.1, 0.15) is 31.2 Å². The Morgan fingerprint density at radius 3 is 2.28 bits per heavy atom. The third kappa shape index (κ3) is 1.86. The van der Waals surface area contributed by atoms with E-state index in [9.17, 15) is 13.2 Å². The van der Waals surface area contributed by atoms with E-state index in [2.05, 4.69) is 4.74 Å². The van der Waals surface area contributed by atoms with Gasteiger partial charge in [-0.1, -0.05) is 12.1 Å². The molecule has 0 aliphatic heterocycles. The van der Waals surface area contributed by atoms with Crippen LogP contribution in [0.4, 0.5) is 13.2 Å². The first-order valence-corrected chi connectivity index (χ1v) is 6.00. The molecule has 0 spiro atoms. The summed E-state index contributed by atoms with van der Waals surface area (Å²) in [5.41, 5.74) is 6.79. The maximum Gasteiger partial charge on any atom is 0.573 e. The predicted molar refractivity (Wildman–Crippen MR) is 60.2 cm³/mol. The summed E-state index contributed by atoms with van der Waals surface area (Å²) in [5.74, 6) is -0.157. The molecule has 2 aliphatic carbocycles. The molecule has 0 amide bonds. The summed E-state index contributed by atoms with van der Waals surface area (Å²) in [6.07, 6.45) is -0.817. The average molecular weight is 257 g/mol. The molecule has 1 aromatic carbocycles. The van der Waals surface area contributed by atoms with Gasteiger partial charge in [-0.25, -0.2) is 0 Å². The van der Waals surface area contributed by atoms with Crippen LogP contribution in [0.2, 0.25) is 0 Å². The molecular weight excluding hydrogens is 243 g/mol. The Morgan fingerprint density at radius 1 is 1.11 bits per heavy atom. The van der Waals surface area contributed by atoms with Gasteiger partial charge in [0.15, 0.2) is 0 Å². The highest BCUT2D eigenvalue weighted by Gasteiger charge is 2.64. The molecule has 0 saturated heterocycles. The fraction of sp³-hybridized carbons (Fsp3) is 0.538. The largest absolute Gasteiger partial charge is 0.573 e. The normalized spacial score (nSPS) is 23.6. The van der Waals surface area contributed by atoms with Crippen molar-refractivity contribution in [3.05, 3.63) is 29.8 Å². The van der Waals surface area contributed by atoms with Gasteiger partial charge in [-0.3, -0.25) is 0 Å². The standard InChI is InChI=1S/C13H14F3NO/c14-13(15,16)18-10-3-1-2-9(8-10)11(4-5-11)12(17)6-7-12/h1-3,8H,4-7,17H2. The monoisotopic (exact) mass is 257 g/mol. The van der Waals surface area contributed by atoms with E-state index in [0.717, 1.165) is 31.2 Å². The number of nitrogens with two attached hydrogens (primary N) is 1. The number of rotatable bonds is 3. The van der Waals surface area contributed by atoms with Crippen molar-refractivity contribution in [3.63, 3.8) is 0 Å². The number of halogens is 3. The molecule has 2 saturated carbocycles. The lowest BCUT2D eigenvalue weighted by molar-refractivity contribution is -0.274. The van der Waals surface area contributed by atoms with Gasteiger partial charge in [0, 0.05) is 11.0 Å². The fourth-order valence-electron chi connectivity index (χ4n) is 2.80. The third-order valence-electron chi connectivity index (χ3n) is 4.11. The molecule has 5 heteroatoms. The molecule has 1 aromatic rings. The van der Waals surface area contributed by atoms with Crippen molar-refractivity contribution < 1.29 is 17.9 Å². The van der Waals surface area contributed by atoms with Crippen molar-refractivity contribution in [1.82, 2.24) is 0 Å².